The number of benzene rings is 1. The molecule has 0 saturated carbocycles. The van der Waals surface area contributed by atoms with Gasteiger partial charge in [0.2, 0.25) is 10.0 Å². The molecule has 0 spiro atoms. The monoisotopic (exact) mass is 352 g/mol. The predicted octanol–water partition coefficient (Wildman–Crippen LogP) is 0.500. The highest BCUT2D eigenvalue weighted by Crippen LogP contribution is 2.15. The summed E-state index contributed by atoms with van der Waals surface area (Å²) in [7, 11) is -3.66. The minimum atomic E-state index is -3.66. The molecule has 0 atom stereocenters. The van der Waals surface area contributed by atoms with E-state index < -0.39 is 10.0 Å². The Hall–Kier alpha value is -2.39. The largest absolute Gasteiger partial charge is 0.484 e. The summed E-state index contributed by atoms with van der Waals surface area (Å²) in [4.78, 5) is 11.8. The molecule has 1 aromatic carbocycles. The maximum absolute atomic E-state index is 12.2. The van der Waals surface area contributed by atoms with E-state index in [1.165, 1.54) is 0 Å². The second-order valence-corrected chi connectivity index (χ2v) is 6.82. The molecule has 2 aromatic rings. The van der Waals surface area contributed by atoms with Crippen molar-refractivity contribution in [1.29, 1.82) is 0 Å². The number of aromatic nitrogens is 2. The molecule has 0 fully saturated rings. The van der Waals surface area contributed by atoms with Crippen LogP contribution in [0.4, 0.5) is 0 Å². The molecule has 1 amide bonds. The number of para-hydroxylation sites is 1. The normalized spacial score (nSPS) is 11.2. The van der Waals surface area contributed by atoms with Crippen LogP contribution in [0.1, 0.15) is 11.4 Å². The van der Waals surface area contributed by atoms with E-state index in [-0.39, 0.29) is 30.5 Å². The van der Waals surface area contributed by atoms with Gasteiger partial charge in [-0.1, -0.05) is 18.2 Å². The van der Waals surface area contributed by atoms with E-state index in [1.807, 2.05) is 18.2 Å². The van der Waals surface area contributed by atoms with Crippen molar-refractivity contribution in [2.24, 2.45) is 0 Å². The van der Waals surface area contributed by atoms with Gasteiger partial charge in [-0.25, -0.2) is 13.1 Å². The summed E-state index contributed by atoms with van der Waals surface area (Å²) in [5, 5.41) is 9.08. The number of hydrogen-bond acceptors (Lipinski definition) is 5. The van der Waals surface area contributed by atoms with E-state index in [0.717, 1.165) is 0 Å². The molecule has 0 aliphatic heterocycles. The average molecular weight is 352 g/mol. The molecule has 24 heavy (non-hydrogen) atoms. The van der Waals surface area contributed by atoms with Crippen LogP contribution in [0, 0.1) is 13.8 Å². The number of aryl methyl sites for hydroxylation is 2. The van der Waals surface area contributed by atoms with Crippen LogP contribution in [0.3, 0.4) is 0 Å². The van der Waals surface area contributed by atoms with Gasteiger partial charge < -0.3 is 10.1 Å². The molecule has 8 nitrogen and oxygen atoms in total. The van der Waals surface area contributed by atoms with Gasteiger partial charge in [-0.15, -0.1) is 0 Å². The fourth-order valence-corrected chi connectivity index (χ4v) is 3.51. The Kier molecular flexibility index (Phi) is 5.93. The Bertz CT molecular complexity index is 768. The van der Waals surface area contributed by atoms with Crippen LogP contribution in [-0.2, 0) is 14.8 Å². The fraction of sp³-hybridized carbons (Fsp3) is 0.333. The van der Waals surface area contributed by atoms with Gasteiger partial charge in [0.25, 0.3) is 5.91 Å². The summed E-state index contributed by atoms with van der Waals surface area (Å²) in [5.41, 5.74) is 0.876. The third-order valence-corrected chi connectivity index (χ3v) is 4.90. The van der Waals surface area contributed by atoms with E-state index >= 15 is 0 Å². The standard InChI is InChI=1S/C15H20N4O4S/c1-11-15(12(2)19-18-11)24(21,22)17-9-8-16-14(20)10-23-13-6-4-3-5-7-13/h3-7,17H,8-10H2,1-2H3,(H,16,20)(H,18,19). The molecule has 0 aliphatic rings. The Morgan fingerprint density at radius 1 is 1.21 bits per heavy atom. The zero-order chi connectivity index (χ0) is 17.6. The van der Waals surface area contributed by atoms with Crippen LogP contribution in [0.5, 0.6) is 5.75 Å². The number of amides is 1. The molecule has 1 heterocycles. The maximum atomic E-state index is 12.2. The van der Waals surface area contributed by atoms with Crippen molar-refractivity contribution in [3.63, 3.8) is 0 Å². The predicted molar refractivity (Wildman–Crippen MR) is 88.2 cm³/mol. The van der Waals surface area contributed by atoms with Crippen LogP contribution in [-0.4, -0.2) is 44.2 Å². The highest BCUT2D eigenvalue weighted by Gasteiger charge is 2.21. The number of hydrogen-bond donors (Lipinski definition) is 3. The lowest BCUT2D eigenvalue weighted by molar-refractivity contribution is -0.123. The lowest BCUT2D eigenvalue weighted by Gasteiger charge is -2.09. The highest BCUT2D eigenvalue weighted by molar-refractivity contribution is 7.89. The molecule has 1 aromatic heterocycles. The molecular weight excluding hydrogens is 332 g/mol. The van der Waals surface area contributed by atoms with E-state index in [4.69, 9.17) is 4.74 Å². The maximum Gasteiger partial charge on any atom is 0.257 e. The van der Waals surface area contributed by atoms with Crippen LogP contribution in [0.2, 0.25) is 0 Å². The summed E-state index contributed by atoms with van der Waals surface area (Å²) in [6.45, 7) is 3.35. The zero-order valence-corrected chi connectivity index (χ0v) is 14.3. The quantitative estimate of drug-likeness (QED) is 0.599. The van der Waals surface area contributed by atoms with E-state index in [2.05, 4.69) is 20.2 Å². The Morgan fingerprint density at radius 3 is 2.54 bits per heavy atom. The lowest BCUT2D eigenvalue weighted by Crippen LogP contribution is -2.37. The Morgan fingerprint density at radius 2 is 1.92 bits per heavy atom. The van der Waals surface area contributed by atoms with Crippen LogP contribution in [0.15, 0.2) is 35.2 Å². The number of ether oxygens (including phenoxy) is 1. The molecule has 0 radical (unpaired) electrons. The zero-order valence-electron chi connectivity index (χ0n) is 13.5. The van der Waals surface area contributed by atoms with E-state index in [1.54, 1.807) is 26.0 Å². The van der Waals surface area contributed by atoms with E-state index in [0.29, 0.717) is 17.1 Å². The topological polar surface area (TPSA) is 113 Å². The van der Waals surface area contributed by atoms with Gasteiger partial charge in [-0.3, -0.25) is 9.89 Å². The SMILES string of the molecule is Cc1n[nH]c(C)c1S(=O)(=O)NCCNC(=O)COc1ccccc1. The number of nitrogens with one attached hydrogen (secondary N) is 3. The molecular formula is C15H20N4O4S. The average Bonchev–Trinajstić information content (AvgIpc) is 2.90. The Labute approximate surface area is 140 Å². The second-order valence-electron chi connectivity index (χ2n) is 5.11. The summed E-state index contributed by atoms with van der Waals surface area (Å²) >= 11 is 0. The van der Waals surface area contributed by atoms with Crippen molar-refractivity contribution < 1.29 is 17.9 Å². The summed E-state index contributed by atoms with van der Waals surface area (Å²) in [6, 6.07) is 8.96. The number of H-pyrrole nitrogens is 1. The van der Waals surface area contributed by atoms with Crippen LogP contribution in [0.25, 0.3) is 0 Å². The lowest BCUT2D eigenvalue weighted by atomic mass is 10.3. The number of carbonyl (C=O) groups excluding carboxylic acids is 1. The molecule has 0 bridgehead atoms. The third kappa shape index (κ3) is 4.80. The van der Waals surface area contributed by atoms with Gasteiger partial charge in [0, 0.05) is 13.1 Å². The van der Waals surface area contributed by atoms with Gasteiger partial charge in [0.1, 0.15) is 10.6 Å². The summed E-state index contributed by atoms with van der Waals surface area (Å²) < 4.78 is 32.1. The molecule has 130 valence electrons. The Balaban J connectivity index is 1.73. The van der Waals surface area contributed by atoms with Gasteiger partial charge in [0.05, 0.1) is 11.4 Å². The second kappa shape index (κ2) is 7.93. The minimum absolute atomic E-state index is 0.0729. The van der Waals surface area contributed by atoms with Crippen molar-refractivity contribution in [1.82, 2.24) is 20.2 Å². The van der Waals surface area contributed by atoms with Gasteiger partial charge in [-0.05, 0) is 26.0 Å². The van der Waals surface area contributed by atoms with Crippen molar-refractivity contribution >= 4 is 15.9 Å². The van der Waals surface area contributed by atoms with Crippen molar-refractivity contribution in [2.75, 3.05) is 19.7 Å². The fourth-order valence-electron chi connectivity index (χ4n) is 2.11. The van der Waals surface area contributed by atoms with Gasteiger partial charge in [0.15, 0.2) is 6.61 Å². The minimum Gasteiger partial charge on any atom is -0.484 e. The number of rotatable bonds is 8. The van der Waals surface area contributed by atoms with Gasteiger partial charge in [-0.2, -0.15) is 5.10 Å². The number of nitrogens with zero attached hydrogens (tertiary/aromatic N) is 1. The molecule has 3 N–H and O–H groups in total. The molecule has 0 aliphatic carbocycles. The summed E-state index contributed by atoms with van der Waals surface area (Å²) in [5.74, 6) is 0.271. The van der Waals surface area contributed by atoms with Crippen molar-refractivity contribution in [2.45, 2.75) is 18.7 Å². The first kappa shape index (κ1) is 18.0. The third-order valence-electron chi connectivity index (χ3n) is 3.18. The molecule has 0 unspecified atom stereocenters. The number of sulfonamides is 1. The van der Waals surface area contributed by atoms with Gasteiger partial charge >= 0.3 is 0 Å². The first-order valence-corrected chi connectivity index (χ1v) is 8.84. The molecule has 0 saturated heterocycles. The molecule has 9 heteroatoms. The van der Waals surface area contributed by atoms with Crippen molar-refractivity contribution in [3.05, 3.63) is 41.7 Å². The van der Waals surface area contributed by atoms with Crippen LogP contribution < -0.4 is 14.8 Å². The highest BCUT2D eigenvalue weighted by atomic mass is 32.2. The first-order valence-electron chi connectivity index (χ1n) is 7.36. The first-order chi connectivity index (χ1) is 11.4. The summed E-state index contributed by atoms with van der Waals surface area (Å²) in [6.07, 6.45) is 0. The number of carbonyl (C=O) groups is 1. The van der Waals surface area contributed by atoms with Crippen LogP contribution >= 0.6 is 0 Å². The number of aromatic amines is 1. The van der Waals surface area contributed by atoms with Crippen molar-refractivity contribution in [3.8, 4) is 5.75 Å². The smallest absolute Gasteiger partial charge is 0.257 e. The molecule has 2 rings (SSSR count). The van der Waals surface area contributed by atoms with E-state index in [9.17, 15) is 13.2 Å².